The van der Waals surface area contributed by atoms with Crippen LogP contribution in [0.5, 0.6) is 0 Å². The maximum atomic E-state index is 5.28. The van der Waals surface area contributed by atoms with Gasteiger partial charge < -0.3 is 0 Å². The Balaban J connectivity index is 0.868. The maximum absolute atomic E-state index is 5.28. The Bertz CT molecular complexity index is 3560. The fraction of sp³-hybridized carbons (Fsp3) is 0. The Kier molecular flexibility index (Phi) is 7.75. The molecule has 0 bridgehead atoms. The van der Waals surface area contributed by atoms with Crippen molar-refractivity contribution in [1.82, 2.24) is 9.97 Å². The first-order valence-corrected chi connectivity index (χ1v) is 20.9. The first-order chi connectivity index (χ1) is 29.2. The first kappa shape index (κ1) is 33.7. The van der Waals surface area contributed by atoms with Gasteiger partial charge in [0.05, 0.1) is 22.9 Å². The number of rotatable bonds is 5. The average molecular weight is 767 g/mol. The molecule has 0 saturated heterocycles. The zero-order valence-electron chi connectivity index (χ0n) is 31.9. The number of hydrogen-bond donors (Lipinski definition) is 0. The number of benzene rings is 10. The monoisotopic (exact) mass is 766 g/mol. The lowest BCUT2D eigenvalue weighted by molar-refractivity contribution is 1.31. The second-order valence-electron chi connectivity index (χ2n) is 15.3. The summed E-state index contributed by atoms with van der Waals surface area (Å²) in [6, 6.07) is 72.5. The van der Waals surface area contributed by atoms with Gasteiger partial charge in [0, 0.05) is 36.5 Å². The van der Waals surface area contributed by atoms with Crippen LogP contribution in [0.1, 0.15) is 0 Å². The van der Waals surface area contributed by atoms with Gasteiger partial charge in [-0.15, -0.1) is 11.3 Å². The number of aromatic nitrogens is 2. The zero-order valence-corrected chi connectivity index (χ0v) is 32.7. The molecular weight excluding hydrogens is 733 g/mol. The van der Waals surface area contributed by atoms with Crippen LogP contribution in [-0.2, 0) is 0 Å². The van der Waals surface area contributed by atoms with Gasteiger partial charge in [0.25, 0.3) is 0 Å². The molecule has 0 amide bonds. The van der Waals surface area contributed by atoms with Crippen LogP contribution in [-0.4, -0.2) is 9.97 Å². The Morgan fingerprint density at radius 1 is 0.305 bits per heavy atom. The normalized spacial score (nSPS) is 11.7. The van der Waals surface area contributed by atoms with Crippen LogP contribution < -0.4 is 0 Å². The van der Waals surface area contributed by atoms with Crippen molar-refractivity contribution >= 4 is 74.9 Å². The molecule has 0 fully saturated rings. The summed E-state index contributed by atoms with van der Waals surface area (Å²) >= 11 is 1.88. The third kappa shape index (κ3) is 5.55. The minimum Gasteiger partial charge on any atom is -0.252 e. The van der Waals surface area contributed by atoms with E-state index in [4.69, 9.17) is 9.97 Å². The van der Waals surface area contributed by atoms with E-state index in [2.05, 4.69) is 200 Å². The van der Waals surface area contributed by atoms with Crippen LogP contribution in [0.2, 0.25) is 0 Å². The lowest BCUT2D eigenvalue weighted by atomic mass is 9.91. The van der Waals surface area contributed by atoms with Gasteiger partial charge in [-0.1, -0.05) is 188 Å². The highest BCUT2D eigenvalue weighted by Gasteiger charge is 2.15. The number of thiophene rings is 1. The molecule has 0 saturated carbocycles. The predicted octanol–water partition coefficient (Wildman–Crippen LogP) is 15.8. The minimum absolute atomic E-state index is 0.865. The molecule has 10 aromatic carbocycles. The van der Waals surface area contributed by atoms with Crippen molar-refractivity contribution in [3.05, 3.63) is 206 Å². The number of hydrogen-bond acceptors (Lipinski definition) is 3. The molecule has 12 rings (SSSR count). The molecule has 2 aromatic heterocycles. The predicted molar refractivity (Wildman–Crippen MR) is 252 cm³/mol. The number of fused-ring (bicyclic) bond motifs is 10. The van der Waals surface area contributed by atoms with E-state index in [0.29, 0.717) is 0 Å². The van der Waals surface area contributed by atoms with Crippen LogP contribution in [0, 0.1) is 0 Å². The van der Waals surface area contributed by atoms with Gasteiger partial charge >= 0.3 is 0 Å². The standard InChI is InChI=1S/C56H34N2S/c1-2-14-45-42(39-11-9-12-40(33-39)52-34-57-54-49-18-5-3-15-46(49)47-16-4-6-19-50(47)55(54)58-52)32-31-41(44(45)13-1)37-27-23-35(24-28-37)36-25-29-38(30-26-36)43-20-10-21-51-48-17-7-8-22-53(48)59-56(43)51/h1-34H. The fourth-order valence-corrected chi connectivity index (χ4v) is 10.3. The second-order valence-corrected chi connectivity index (χ2v) is 16.3. The largest absolute Gasteiger partial charge is 0.252 e. The Labute approximate surface area is 345 Å². The van der Waals surface area contributed by atoms with E-state index >= 15 is 0 Å². The van der Waals surface area contributed by atoms with Crippen molar-refractivity contribution in [2.75, 3.05) is 0 Å². The summed E-state index contributed by atoms with van der Waals surface area (Å²) in [6.45, 7) is 0. The smallest absolute Gasteiger partial charge is 0.0979 e. The molecule has 12 aromatic rings. The van der Waals surface area contributed by atoms with Crippen molar-refractivity contribution in [2.45, 2.75) is 0 Å². The second kappa shape index (κ2) is 13.6. The Morgan fingerprint density at radius 3 is 1.47 bits per heavy atom. The fourth-order valence-electron chi connectivity index (χ4n) is 9.07. The molecule has 2 nitrogen and oxygen atoms in total. The summed E-state index contributed by atoms with van der Waals surface area (Å²) in [5.41, 5.74) is 13.5. The molecule has 0 aliphatic heterocycles. The van der Waals surface area contributed by atoms with E-state index in [1.165, 1.54) is 80.7 Å². The van der Waals surface area contributed by atoms with Gasteiger partial charge in [-0.25, -0.2) is 4.98 Å². The van der Waals surface area contributed by atoms with E-state index in [1.54, 1.807) is 0 Å². The summed E-state index contributed by atoms with van der Waals surface area (Å²) in [6.07, 6.45) is 1.93. The van der Waals surface area contributed by atoms with Gasteiger partial charge in [0.2, 0.25) is 0 Å². The molecule has 0 radical (unpaired) electrons. The van der Waals surface area contributed by atoms with Crippen LogP contribution in [0.15, 0.2) is 206 Å². The zero-order chi connectivity index (χ0) is 38.9. The van der Waals surface area contributed by atoms with E-state index < -0.39 is 0 Å². The van der Waals surface area contributed by atoms with Crippen LogP contribution in [0.4, 0.5) is 0 Å². The van der Waals surface area contributed by atoms with Crippen LogP contribution in [0.3, 0.4) is 0 Å². The molecule has 0 atom stereocenters. The highest BCUT2D eigenvalue weighted by Crippen LogP contribution is 2.41. The third-order valence-electron chi connectivity index (χ3n) is 11.9. The molecule has 0 spiro atoms. The molecule has 59 heavy (non-hydrogen) atoms. The van der Waals surface area contributed by atoms with Gasteiger partial charge in [-0.3, -0.25) is 4.98 Å². The van der Waals surface area contributed by atoms with E-state index in [-0.39, 0.29) is 0 Å². The quantitative estimate of drug-likeness (QED) is 0.163. The summed E-state index contributed by atoms with van der Waals surface area (Å²) in [4.78, 5) is 10.3. The maximum Gasteiger partial charge on any atom is 0.0979 e. The summed E-state index contributed by atoms with van der Waals surface area (Å²) in [5, 5.41) is 9.76. The van der Waals surface area contributed by atoms with Crippen molar-refractivity contribution in [3.8, 4) is 55.8 Å². The average Bonchev–Trinajstić information content (AvgIpc) is 3.70. The van der Waals surface area contributed by atoms with E-state index in [1.807, 2.05) is 17.5 Å². The number of nitrogens with zero attached hydrogens (tertiary/aromatic N) is 2. The van der Waals surface area contributed by atoms with Gasteiger partial charge in [-0.05, 0) is 78.2 Å². The third-order valence-corrected chi connectivity index (χ3v) is 13.2. The molecular formula is C56H34N2S. The summed E-state index contributed by atoms with van der Waals surface area (Å²) in [5.74, 6) is 0. The van der Waals surface area contributed by atoms with E-state index in [0.717, 1.165) is 38.6 Å². The lowest BCUT2D eigenvalue weighted by Crippen LogP contribution is -1.92. The van der Waals surface area contributed by atoms with Crippen LogP contribution in [0.25, 0.3) is 119 Å². The lowest BCUT2D eigenvalue weighted by Gasteiger charge is -2.14. The van der Waals surface area contributed by atoms with Crippen molar-refractivity contribution in [2.24, 2.45) is 0 Å². The molecule has 0 N–H and O–H groups in total. The SMILES string of the molecule is c1cc(-c2cnc3c4ccccc4c4ccccc4c3n2)cc(-c2ccc(-c3ccc(-c4ccc(-c5cccc6c5sc5ccccc56)cc4)cc3)c3ccccc23)c1. The highest BCUT2D eigenvalue weighted by molar-refractivity contribution is 7.26. The molecule has 0 unspecified atom stereocenters. The van der Waals surface area contributed by atoms with Gasteiger partial charge in [-0.2, -0.15) is 0 Å². The molecule has 0 aliphatic rings. The molecule has 2 heterocycles. The highest BCUT2D eigenvalue weighted by atomic mass is 32.1. The molecule has 274 valence electrons. The molecule has 0 aliphatic carbocycles. The first-order valence-electron chi connectivity index (χ1n) is 20.1. The summed E-state index contributed by atoms with van der Waals surface area (Å²) < 4.78 is 2.68. The topological polar surface area (TPSA) is 25.8 Å². The Hall–Kier alpha value is -7.46. The van der Waals surface area contributed by atoms with Gasteiger partial charge in [0.15, 0.2) is 0 Å². The van der Waals surface area contributed by atoms with E-state index in [9.17, 15) is 0 Å². The summed E-state index contributed by atoms with van der Waals surface area (Å²) in [7, 11) is 0. The van der Waals surface area contributed by atoms with Crippen molar-refractivity contribution in [1.29, 1.82) is 0 Å². The molecule has 3 heteroatoms. The van der Waals surface area contributed by atoms with Gasteiger partial charge in [0.1, 0.15) is 0 Å². The minimum atomic E-state index is 0.865. The van der Waals surface area contributed by atoms with Crippen LogP contribution >= 0.6 is 11.3 Å². The van der Waals surface area contributed by atoms with Crippen molar-refractivity contribution in [3.63, 3.8) is 0 Å². The van der Waals surface area contributed by atoms with Crippen molar-refractivity contribution < 1.29 is 0 Å². The Morgan fingerprint density at radius 2 is 0.797 bits per heavy atom.